The zero-order chi connectivity index (χ0) is 17.8. The van der Waals surface area contributed by atoms with Crippen LogP contribution in [0.15, 0.2) is 18.2 Å². The van der Waals surface area contributed by atoms with Crippen LogP contribution >= 0.6 is 0 Å². The van der Waals surface area contributed by atoms with Crippen LogP contribution in [0, 0.1) is 13.8 Å². The lowest BCUT2D eigenvalue weighted by molar-refractivity contribution is -0.131. The Labute approximate surface area is 150 Å². The highest BCUT2D eigenvalue weighted by Crippen LogP contribution is 2.18. The molecule has 1 N–H and O–H groups in total. The lowest BCUT2D eigenvalue weighted by atomic mass is 10.0. The summed E-state index contributed by atoms with van der Waals surface area (Å²) in [5.74, 6) is 0.155. The van der Waals surface area contributed by atoms with Gasteiger partial charge in [0.1, 0.15) is 0 Å². The number of nitrogens with zero attached hydrogens (tertiary/aromatic N) is 2. The number of rotatable bonds is 3. The molecule has 0 unspecified atom stereocenters. The van der Waals surface area contributed by atoms with Gasteiger partial charge < -0.3 is 15.1 Å². The summed E-state index contributed by atoms with van der Waals surface area (Å²) < 4.78 is 0. The molecule has 0 spiro atoms. The summed E-state index contributed by atoms with van der Waals surface area (Å²) in [6, 6.07) is 6.60. The molecule has 0 aromatic heterocycles. The Morgan fingerprint density at radius 3 is 2.32 bits per heavy atom. The first-order chi connectivity index (χ1) is 12.0. The van der Waals surface area contributed by atoms with Crippen LogP contribution in [0.3, 0.4) is 0 Å². The maximum Gasteiger partial charge on any atom is 0.317 e. The Morgan fingerprint density at radius 2 is 1.68 bits per heavy atom. The van der Waals surface area contributed by atoms with Crippen LogP contribution in [-0.4, -0.2) is 54.0 Å². The molecular weight excluding hydrogens is 314 g/mol. The standard InChI is InChI=1S/C20H29N3O2/c1-15-7-8-17(16(2)13-15)14-19(24)22-9-11-23(12-10-22)20(25)21-18-5-3-4-6-18/h7-8,13,18H,3-6,9-12,14H2,1-2H3,(H,21,25). The van der Waals surface area contributed by atoms with Crippen molar-refractivity contribution in [3.8, 4) is 0 Å². The number of piperazine rings is 1. The third kappa shape index (κ3) is 4.53. The van der Waals surface area contributed by atoms with Gasteiger partial charge in [-0.2, -0.15) is 0 Å². The second-order valence-electron chi connectivity index (χ2n) is 7.41. The fourth-order valence-electron chi connectivity index (χ4n) is 3.81. The summed E-state index contributed by atoms with van der Waals surface area (Å²) in [7, 11) is 0. The number of hydrogen-bond acceptors (Lipinski definition) is 2. The van der Waals surface area contributed by atoms with Crippen molar-refractivity contribution in [3.63, 3.8) is 0 Å². The van der Waals surface area contributed by atoms with E-state index in [1.165, 1.54) is 24.0 Å². The maximum absolute atomic E-state index is 12.6. The van der Waals surface area contributed by atoms with E-state index in [9.17, 15) is 9.59 Å². The topological polar surface area (TPSA) is 52.7 Å². The highest BCUT2D eigenvalue weighted by Gasteiger charge is 2.26. The fourth-order valence-corrected chi connectivity index (χ4v) is 3.81. The molecule has 1 aromatic rings. The van der Waals surface area contributed by atoms with Crippen molar-refractivity contribution < 1.29 is 9.59 Å². The number of amides is 3. The Kier molecular flexibility index (Phi) is 5.61. The number of urea groups is 1. The Bertz CT molecular complexity index is 630. The molecule has 3 amide bonds. The molecule has 5 heteroatoms. The SMILES string of the molecule is Cc1ccc(CC(=O)N2CCN(C(=O)NC3CCCC3)CC2)c(C)c1. The zero-order valence-electron chi connectivity index (χ0n) is 15.4. The summed E-state index contributed by atoms with van der Waals surface area (Å²) in [6.45, 7) is 6.62. The molecule has 1 saturated carbocycles. The predicted molar refractivity (Wildman–Crippen MR) is 98.6 cm³/mol. The van der Waals surface area contributed by atoms with E-state index >= 15 is 0 Å². The number of hydrogen-bond donors (Lipinski definition) is 1. The van der Waals surface area contributed by atoms with Crippen LogP contribution in [0.2, 0.25) is 0 Å². The van der Waals surface area contributed by atoms with E-state index in [0.717, 1.165) is 18.4 Å². The second-order valence-corrected chi connectivity index (χ2v) is 7.41. The molecule has 1 heterocycles. The molecule has 2 fully saturated rings. The molecule has 136 valence electrons. The lowest BCUT2D eigenvalue weighted by Crippen LogP contribution is -2.54. The van der Waals surface area contributed by atoms with Gasteiger partial charge in [-0.1, -0.05) is 36.6 Å². The Hall–Kier alpha value is -2.04. The van der Waals surface area contributed by atoms with Gasteiger partial charge in [-0.3, -0.25) is 4.79 Å². The number of carbonyl (C=O) groups excluding carboxylic acids is 2. The van der Waals surface area contributed by atoms with Crippen molar-refractivity contribution in [2.45, 2.75) is 52.0 Å². The highest BCUT2D eigenvalue weighted by molar-refractivity contribution is 5.80. The van der Waals surface area contributed by atoms with E-state index in [1.807, 2.05) is 15.9 Å². The smallest absolute Gasteiger partial charge is 0.317 e. The first-order valence-electron chi connectivity index (χ1n) is 9.42. The largest absolute Gasteiger partial charge is 0.339 e. The molecule has 3 rings (SSSR count). The Balaban J connectivity index is 1.47. The fraction of sp³-hybridized carbons (Fsp3) is 0.600. The number of aryl methyl sites for hydroxylation is 2. The monoisotopic (exact) mass is 343 g/mol. The molecule has 1 aromatic carbocycles. The van der Waals surface area contributed by atoms with Gasteiger partial charge in [0, 0.05) is 32.2 Å². The van der Waals surface area contributed by atoms with Crippen LogP contribution in [-0.2, 0) is 11.2 Å². The van der Waals surface area contributed by atoms with Gasteiger partial charge in [0.15, 0.2) is 0 Å². The lowest BCUT2D eigenvalue weighted by Gasteiger charge is -2.35. The van der Waals surface area contributed by atoms with Crippen molar-refractivity contribution in [2.75, 3.05) is 26.2 Å². The highest BCUT2D eigenvalue weighted by atomic mass is 16.2. The minimum Gasteiger partial charge on any atom is -0.339 e. The van der Waals surface area contributed by atoms with Gasteiger partial charge >= 0.3 is 6.03 Å². The molecule has 2 aliphatic rings. The molecule has 1 saturated heterocycles. The van der Waals surface area contributed by atoms with E-state index in [4.69, 9.17) is 0 Å². The minimum atomic E-state index is 0.0355. The molecule has 0 radical (unpaired) electrons. The van der Waals surface area contributed by atoms with Crippen molar-refractivity contribution in [1.29, 1.82) is 0 Å². The van der Waals surface area contributed by atoms with Gasteiger partial charge in [0.2, 0.25) is 5.91 Å². The van der Waals surface area contributed by atoms with Crippen LogP contribution in [0.5, 0.6) is 0 Å². The van der Waals surface area contributed by atoms with E-state index in [1.54, 1.807) is 0 Å². The average molecular weight is 343 g/mol. The van der Waals surface area contributed by atoms with E-state index in [-0.39, 0.29) is 11.9 Å². The van der Waals surface area contributed by atoms with Crippen LogP contribution in [0.4, 0.5) is 4.79 Å². The maximum atomic E-state index is 12.6. The normalized spacial score (nSPS) is 18.5. The molecule has 1 aliphatic carbocycles. The third-order valence-electron chi connectivity index (χ3n) is 5.44. The van der Waals surface area contributed by atoms with Crippen molar-refractivity contribution in [3.05, 3.63) is 34.9 Å². The predicted octanol–water partition coefficient (Wildman–Crippen LogP) is 2.64. The third-order valence-corrected chi connectivity index (χ3v) is 5.44. The quantitative estimate of drug-likeness (QED) is 0.917. The number of nitrogens with one attached hydrogen (secondary N) is 1. The van der Waals surface area contributed by atoms with E-state index in [0.29, 0.717) is 38.6 Å². The van der Waals surface area contributed by atoms with Gasteiger partial charge in [0.25, 0.3) is 0 Å². The molecule has 1 aliphatic heterocycles. The molecule has 0 atom stereocenters. The van der Waals surface area contributed by atoms with Crippen LogP contribution < -0.4 is 5.32 Å². The summed E-state index contributed by atoms with van der Waals surface area (Å²) >= 11 is 0. The second kappa shape index (κ2) is 7.89. The van der Waals surface area contributed by atoms with Crippen molar-refractivity contribution in [2.24, 2.45) is 0 Å². The van der Waals surface area contributed by atoms with Gasteiger partial charge in [0.05, 0.1) is 6.42 Å². The van der Waals surface area contributed by atoms with Crippen LogP contribution in [0.1, 0.15) is 42.4 Å². The summed E-state index contributed by atoms with van der Waals surface area (Å²) in [5, 5.41) is 3.13. The average Bonchev–Trinajstić information content (AvgIpc) is 3.10. The number of benzene rings is 1. The number of carbonyl (C=O) groups is 2. The first-order valence-corrected chi connectivity index (χ1v) is 9.42. The summed E-state index contributed by atoms with van der Waals surface area (Å²) in [6.07, 6.45) is 5.07. The van der Waals surface area contributed by atoms with Gasteiger partial charge in [-0.25, -0.2) is 4.79 Å². The van der Waals surface area contributed by atoms with Gasteiger partial charge in [-0.15, -0.1) is 0 Å². The van der Waals surface area contributed by atoms with Crippen LogP contribution in [0.25, 0.3) is 0 Å². The molecule has 0 bridgehead atoms. The minimum absolute atomic E-state index is 0.0355. The van der Waals surface area contributed by atoms with Crippen molar-refractivity contribution in [1.82, 2.24) is 15.1 Å². The molecular formula is C20H29N3O2. The molecule has 5 nitrogen and oxygen atoms in total. The summed E-state index contributed by atoms with van der Waals surface area (Å²) in [4.78, 5) is 28.6. The zero-order valence-corrected chi connectivity index (χ0v) is 15.4. The first kappa shape index (κ1) is 17.8. The van der Waals surface area contributed by atoms with E-state index in [2.05, 4.69) is 31.3 Å². The van der Waals surface area contributed by atoms with Gasteiger partial charge in [-0.05, 0) is 37.8 Å². The Morgan fingerprint density at radius 1 is 1.04 bits per heavy atom. The molecule has 25 heavy (non-hydrogen) atoms. The van der Waals surface area contributed by atoms with E-state index < -0.39 is 0 Å². The summed E-state index contributed by atoms with van der Waals surface area (Å²) in [5.41, 5.74) is 3.48. The van der Waals surface area contributed by atoms with Crippen molar-refractivity contribution >= 4 is 11.9 Å².